The molecule has 0 atom stereocenters. The van der Waals surface area contributed by atoms with Gasteiger partial charge < -0.3 is 9.47 Å². The Labute approximate surface area is 119 Å². The van der Waals surface area contributed by atoms with Crippen molar-refractivity contribution < 1.29 is 14.3 Å². The van der Waals surface area contributed by atoms with Crippen LogP contribution in [-0.4, -0.2) is 19.7 Å². The molecule has 0 radical (unpaired) electrons. The van der Waals surface area contributed by atoms with Crippen molar-refractivity contribution in [3.05, 3.63) is 28.3 Å². The van der Waals surface area contributed by atoms with E-state index in [1.54, 1.807) is 0 Å². The van der Waals surface area contributed by atoms with Crippen molar-refractivity contribution >= 4 is 17.6 Å². The fraction of sp³-hybridized carbons (Fsp3) is 0.533. The Morgan fingerprint density at radius 2 is 2.05 bits per heavy atom. The average Bonchev–Trinajstić information content (AvgIpc) is 2.37. The molecule has 0 saturated heterocycles. The number of rotatable bonds is 6. The summed E-state index contributed by atoms with van der Waals surface area (Å²) in [6.45, 7) is 6.73. The number of ether oxygens (including phenoxy) is 2. The Bertz CT molecular complexity index is 441. The molecular formula is C15H21ClO3. The number of hydrogen-bond donors (Lipinski definition) is 0. The monoisotopic (exact) mass is 284 g/mol. The second-order valence-electron chi connectivity index (χ2n) is 4.65. The van der Waals surface area contributed by atoms with E-state index in [2.05, 4.69) is 18.6 Å². The summed E-state index contributed by atoms with van der Waals surface area (Å²) >= 11 is 6.14. The first-order chi connectivity index (χ1) is 8.99. The lowest BCUT2D eigenvalue weighted by Crippen LogP contribution is -2.06. The van der Waals surface area contributed by atoms with Crippen molar-refractivity contribution in [2.75, 3.05) is 13.7 Å². The summed E-state index contributed by atoms with van der Waals surface area (Å²) < 4.78 is 10.4. The van der Waals surface area contributed by atoms with Crippen LogP contribution in [0.2, 0.25) is 5.02 Å². The van der Waals surface area contributed by atoms with Crippen molar-refractivity contribution in [3.63, 3.8) is 0 Å². The second-order valence-corrected chi connectivity index (χ2v) is 5.08. The summed E-state index contributed by atoms with van der Waals surface area (Å²) in [4.78, 5) is 11.3. The lowest BCUT2D eigenvalue weighted by atomic mass is 9.97. The summed E-state index contributed by atoms with van der Waals surface area (Å²) in [6, 6.07) is 3.79. The van der Waals surface area contributed by atoms with Crippen LogP contribution in [0.1, 0.15) is 44.2 Å². The van der Waals surface area contributed by atoms with Crippen molar-refractivity contribution in [1.29, 1.82) is 0 Å². The third-order valence-corrected chi connectivity index (χ3v) is 3.11. The van der Waals surface area contributed by atoms with E-state index in [0.29, 0.717) is 30.4 Å². The van der Waals surface area contributed by atoms with E-state index in [0.717, 1.165) is 16.9 Å². The van der Waals surface area contributed by atoms with E-state index in [1.807, 2.05) is 19.1 Å². The molecule has 0 spiro atoms. The normalized spacial score (nSPS) is 10.6. The predicted molar refractivity (Wildman–Crippen MR) is 77.0 cm³/mol. The Kier molecular flexibility index (Phi) is 6.16. The van der Waals surface area contributed by atoms with Crippen molar-refractivity contribution in [2.45, 2.75) is 39.5 Å². The van der Waals surface area contributed by atoms with Crippen LogP contribution in [0.15, 0.2) is 12.1 Å². The average molecular weight is 285 g/mol. The molecule has 3 nitrogen and oxygen atoms in total. The van der Waals surface area contributed by atoms with Crippen molar-refractivity contribution in [3.8, 4) is 5.75 Å². The molecule has 0 heterocycles. The summed E-state index contributed by atoms with van der Waals surface area (Å²) in [5.41, 5.74) is 2.04. The fourth-order valence-corrected chi connectivity index (χ4v) is 2.20. The largest absolute Gasteiger partial charge is 0.493 e. The zero-order chi connectivity index (χ0) is 14.4. The molecular weight excluding hydrogens is 264 g/mol. The van der Waals surface area contributed by atoms with E-state index in [1.165, 1.54) is 7.11 Å². The first kappa shape index (κ1) is 15.8. The smallest absolute Gasteiger partial charge is 0.305 e. The first-order valence-electron chi connectivity index (χ1n) is 6.51. The van der Waals surface area contributed by atoms with Gasteiger partial charge in [-0.25, -0.2) is 0 Å². The standard InChI is InChI=1S/C15H21ClO3/c1-5-19-15-11(6-7-14(17)18-4)8-12(16)9-13(15)10(2)3/h8-10H,5-7H2,1-4H3. The molecule has 0 aliphatic heterocycles. The molecule has 0 aliphatic rings. The molecule has 0 N–H and O–H groups in total. The Hall–Kier alpha value is -1.22. The van der Waals surface area contributed by atoms with Crippen LogP contribution in [-0.2, 0) is 16.0 Å². The first-order valence-corrected chi connectivity index (χ1v) is 6.89. The SMILES string of the molecule is CCOc1c(CCC(=O)OC)cc(Cl)cc1C(C)C. The summed E-state index contributed by atoms with van der Waals surface area (Å²) in [5, 5.41) is 0.673. The number of methoxy groups -OCH3 is 1. The molecule has 0 fully saturated rings. The lowest BCUT2D eigenvalue weighted by molar-refractivity contribution is -0.140. The molecule has 1 aromatic rings. The maximum absolute atomic E-state index is 11.3. The van der Waals surface area contributed by atoms with Gasteiger partial charge >= 0.3 is 5.97 Å². The molecule has 106 valence electrons. The lowest BCUT2D eigenvalue weighted by Gasteiger charge is -2.18. The molecule has 1 rings (SSSR count). The van der Waals surface area contributed by atoms with Gasteiger partial charge in [-0.1, -0.05) is 25.4 Å². The van der Waals surface area contributed by atoms with Gasteiger partial charge in [-0.05, 0) is 42.5 Å². The van der Waals surface area contributed by atoms with E-state index < -0.39 is 0 Å². The van der Waals surface area contributed by atoms with Crippen LogP contribution < -0.4 is 4.74 Å². The molecule has 0 aromatic heterocycles. The van der Waals surface area contributed by atoms with Crippen LogP contribution >= 0.6 is 11.6 Å². The molecule has 0 amide bonds. The van der Waals surface area contributed by atoms with Crippen LogP contribution in [0, 0.1) is 0 Å². The number of esters is 1. The van der Waals surface area contributed by atoms with Gasteiger partial charge in [0.15, 0.2) is 0 Å². The maximum atomic E-state index is 11.3. The molecule has 0 unspecified atom stereocenters. The Morgan fingerprint density at radius 3 is 2.58 bits per heavy atom. The van der Waals surface area contributed by atoms with Crippen LogP contribution in [0.25, 0.3) is 0 Å². The highest BCUT2D eigenvalue weighted by atomic mass is 35.5. The number of carbonyl (C=O) groups is 1. The summed E-state index contributed by atoms with van der Waals surface area (Å²) in [7, 11) is 1.39. The Morgan fingerprint density at radius 1 is 1.37 bits per heavy atom. The van der Waals surface area contributed by atoms with Gasteiger partial charge in [0.2, 0.25) is 0 Å². The third-order valence-electron chi connectivity index (χ3n) is 2.90. The van der Waals surface area contributed by atoms with Gasteiger partial charge in [0.25, 0.3) is 0 Å². The van der Waals surface area contributed by atoms with Crippen molar-refractivity contribution in [2.24, 2.45) is 0 Å². The van der Waals surface area contributed by atoms with Gasteiger partial charge in [0, 0.05) is 11.4 Å². The minimum atomic E-state index is -0.228. The van der Waals surface area contributed by atoms with Gasteiger partial charge in [-0.15, -0.1) is 0 Å². The van der Waals surface area contributed by atoms with Crippen molar-refractivity contribution in [1.82, 2.24) is 0 Å². The highest BCUT2D eigenvalue weighted by molar-refractivity contribution is 6.30. The summed E-state index contributed by atoms with van der Waals surface area (Å²) in [5.74, 6) is 0.941. The fourth-order valence-electron chi connectivity index (χ4n) is 1.95. The molecule has 1 aromatic carbocycles. The maximum Gasteiger partial charge on any atom is 0.305 e. The molecule has 4 heteroatoms. The van der Waals surface area contributed by atoms with Gasteiger partial charge in [0.1, 0.15) is 5.75 Å². The van der Waals surface area contributed by atoms with E-state index in [-0.39, 0.29) is 5.97 Å². The Balaban J connectivity index is 3.09. The molecule has 0 aliphatic carbocycles. The van der Waals surface area contributed by atoms with Gasteiger partial charge in [-0.2, -0.15) is 0 Å². The van der Waals surface area contributed by atoms with Crippen LogP contribution in [0.4, 0.5) is 0 Å². The number of hydrogen-bond acceptors (Lipinski definition) is 3. The minimum Gasteiger partial charge on any atom is -0.493 e. The van der Waals surface area contributed by atoms with E-state index in [9.17, 15) is 4.79 Å². The molecule has 0 bridgehead atoms. The topological polar surface area (TPSA) is 35.5 Å². The number of aryl methyl sites for hydroxylation is 1. The van der Waals surface area contributed by atoms with E-state index in [4.69, 9.17) is 16.3 Å². The minimum absolute atomic E-state index is 0.228. The highest BCUT2D eigenvalue weighted by Crippen LogP contribution is 2.34. The van der Waals surface area contributed by atoms with E-state index >= 15 is 0 Å². The third kappa shape index (κ3) is 4.43. The zero-order valence-electron chi connectivity index (χ0n) is 12.0. The zero-order valence-corrected chi connectivity index (χ0v) is 12.7. The second kappa shape index (κ2) is 7.39. The van der Waals surface area contributed by atoms with Crippen LogP contribution in [0.5, 0.6) is 5.75 Å². The molecule has 0 saturated carbocycles. The van der Waals surface area contributed by atoms with Crippen LogP contribution in [0.3, 0.4) is 0 Å². The predicted octanol–water partition coefficient (Wildman–Crippen LogP) is 3.97. The number of benzene rings is 1. The van der Waals surface area contributed by atoms with Gasteiger partial charge in [-0.3, -0.25) is 4.79 Å². The summed E-state index contributed by atoms with van der Waals surface area (Å²) in [6.07, 6.45) is 0.900. The quantitative estimate of drug-likeness (QED) is 0.742. The number of halogens is 1. The number of carbonyl (C=O) groups excluding carboxylic acids is 1. The van der Waals surface area contributed by atoms with Gasteiger partial charge in [0.05, 0.1) is 13.7 Å². The highest BCUT2D eigenvalue weighted by Gasteiger charge is 2.15. The molecule has 19 heavy (non-hydrogen) atoms.